The zero-order valence-electron chi connectivity index (χ0n) is 34.6. The molecule has 0 aliphatic carbocycles. The van der Waals surface area contributed by atoms with E-state index in [0.717, 1.165) is 25.7 Å². The van der Waals surface area contributed by atoms with E-state index in [-0.39, 0.29) is 6.04 Å². The van der Waals surface area contributed by atoms with Crippen LogP contribution in [0.2, 0.25) is 0 Å². The van der Waals surface area contributed by atoms with Gasteiger partial charge >= 0.3 is 0 Å². The fraction of sp³-hybridized carbons (Fsp3) is 1.00. The van der Waals surface area contributed by atoms with Gasteiger partial charge in [-0.15, -0.1) is 0 Å². The molecule has 0 heterocycles. The van der Waals surface area contributed by atoms with E-state index in [2.05, 4.69) is 13.8 Å². The van der Waals surface area contributed by atoms with Gasteiger partial charge in [0, 0.05) is 12.8 Å². The van der Waals surface area contributed by atoms with Gasteiger partial charge in [0.05, 0.1) is 0 Å². The molecule has 0 aliphatic heterocycles. The molecule has 296 valence electrons. The van der Waals surface area contributed by atoms with Crippen molar-refractivity contribution < 1.29 is 15.2 Å². The first-order valence-corrected chi connectivity index (χ1v) is 23.4. The van der Waals surface area contributed by atoms with Gasteiger partial charge in [0.15, 0.2) is 0 Å². The van der Waals surface area contributed by atoms with Gasteiger partial charge in [0.1, 0.15) is 12.6 Å². The van der Waals surface area contributed by atoms with Gasteiger partial charge in [-0.25, -0.2) is 0 Å². The molecule has 49 heavy (non-hydrogen) atoms. The van der Waals surface area contributed by atoms with Crippen molar-refractivity contribution in [3.63, 3.8) is 0 Å². The van der Waals surface area contributed by atoms with E-state index >= 15 is 0 Å². The summed E-state index contributed by atoms with van der Waals surface area (Å²) >= 11 is 0. The molecule has 1 unspecified atom stereocenters. The first-order valence-electron chi connectivity index (χ1n) is 23.4. The van der Waals surface area contributed by atoms with Crippen molar-refractivity contribution in [1.82, 2.24) is 0 Å². The minimum Gasteiger partial charge on any atom is -0.182 e. The molecule has 0 saturated heterocycles. The molecule has 0 bridgehead atoms. The van der Waals surface area contributed by atoms with Crippen molar-refractivity contribution in [2.24, 2.45) is 0 Å². The summed E-state index contributed by atoms with van der Waals surface area (Å²) in [7, 11) is 0. The Labute approximate surface area is 311 Å². The Hall–Kier alpha value is -0.120. The Morgan fingerprint density at radius 1 is 0.286 bits per heavy atom. The molecule has 0 fully saturated rings. The highest BCUT2D eigenvalue weighted by atomic mass is 16.8. The van der Waals surface area contributed by atoms with Crippen LogP contribution in [0, 0.1) is 0 Å². The lowest BCUT2D eigenvalue weighted by molar-refractivity contribution is -1.26. The monoisotopic (exact) mass is 695 g/mol. The number of hydroxylamine groups is 4. The number of hydrogen-bond acceptors (Lipinski definition) is 2. The van der Waals surface area contributed by atoms with Crippen molar-refractivity contribution in [3.8, 4) is 0 Å². The molecule has 0 aromatic heterocycles. The second-order valence-electron chi connectivity index (χ2n) is 16.6. The van der Waals surface area contributed by atoms with Crippen LogP contribution in [0.25, 0.3) is 0 Å². The van der Waals surface area contributed by atoms with Crippen LogP contribution in [0.1, 0.15) is 284 Å². The van der Waals surface area contributed by atoms with Crippen LogP contribution in [0.5, 0.6) is 0 Å². The quantitative estimate of drug-likeness (QED) is 0.0379. The van der Waals surface area contributed by atoms with Crippen LogP contribution < -0.4 is 0 Å². The van der Waals surface area contributed by atoms with Gasteiger partial charge in [-0.3, -0.25) is 0 Å². The zero-order valence-corrected chi connectivity index (χ0v) is 34.6. The molecular weight excluding hydrogens is 599 g/mol. The number of rotatable bonds is 43. The van der Waals surface area contributed by atoms with E-state index < -0.39 is 4.81 Å². The van der Waals surface area contributed by atoms with Gasteiger partial charge in [0.2, 0.25) is 0 Å². The first kappa shape index (κ1) is 48.9. The van der Waals surface area contributed by atoms with Crippen LogP contribution >= 0.6 is 0 Å². The fourth-order valence-corrected chi connectivity index (χ4v) is 7.72. The van der Waals surface area contributed by atoms with Crippen molar-refractivity contribution in [3.05, 3.63) is 0 Å². The number of unbranched alkanes of at least 4 members (excludes halogenated alkanes) is 38. The van der Waals surface area contributed by atoms with Crippen LogP contribution in [-0.2, 0) is 0 Å². The largest absolute Gasteiger partial charge is 0.182 e. The van der Waals surface area contributed by atoms with E-state index in [0.29, 0.717) is 6.54 Å². The summed E-state index contributed by atoms with van der Waals surface area (Å²) in [6.45, 7) is 7.10. The lowest BCUT2D eigenvalue weighted by atomic mass is 10.0. The Balaban J connectivity index is 3.35. The number of quaternary nitrogens is 1. The predicted molar refractivity (Wildman–Crippen MR) is 219 cm³/mol. The second kappa shape index (κ2) is 40.6. The summed E-state index contributed by atoms with van der Waals surface area (Å²) in [5, 5.41) is 21.2. The standard InChI is InChI=1S/C46H96NO2/c1-4-6-8-10-12-14-16-18-20-22-24-26-28-30-32-34-36-38-40-42-44-46(3)47(48,49)45-43-41-39-37-35-33-31-29-27-25-23-21-19-17-15-13-11-9-7-5-2/h46,48-49H,4-45H2,1-3H3/q+1. The normalized spacial score (nSPS) is 12.7. The van der Waals surface area contributed by atoms with E-state index in [1.807, 2.05) is 6.92 Å². The lowest BCUT2D eigenvalue weighted by Gasteiger charge is -2.27. The first-order chi connectivity index (χ1) is 24.0. The van der Waals surface area contributed by atoms with Crippen molar-refractivity contribution >= 4 is 0 Å². The SMILES string of the molecule is CCCCCCCCCCCCCCCCCCCCCCC(C)[N+](O)(O)CCCCCCCCCCCCCCCCCCCCCC. The van der Waals surface area contributed by atoms with E-state index in [1.165, 1.54) is 238 Å². The van der Waals surface area contributed by atoms with E-state index in [4.69, 9.17) is 0 Å². The summed E-state index contributed by atoms with van der Waals surface area (Å²) in [5.41, 5.74) is 0. The Bertz CT molecular complexity index is 594. The van der Waals surface area contributed by atoms with Crippen molar-refractivity contribution in [2.45, 2.75) is 290 Å². The average molecular weight is 695 g/mol. The molecule has 0 aromatic rings. The fourth-order valence-electron chi connectivity index (χ4n) is 7.72. The number of hydrogen-bond donors (Lipinski definition) is 2. The highest BCUT2D eigenvalue weighted by molar-refractivity contribution is 4.55. The Kier molecular flexibility index (Phi) is 40.5. The smallest absolute Gasteiger partial charge is 0.149 e. The third-order valence-corrected chi connectivity index (χ3v) is 11.5. The molecule has 3 nitrogen and oxygen atoms in total. The maximum absolute atomic E-state index is 10.6. The molecule has 0 saturated carbocycles. The topological polar surface area (TPSA) is 40.5 Å². The van der Waals surface area contributed by atoms with Crippen LogP contribution in [0.15, 0.2) is 0 Å². The molecule has 1 atom stereocenters. The maximum atomic E-state index is 10.6. The van der Waals surface area contributed by atoms with Crippen LogP contribution in [-0.4, -0.2) is 27.8 Å². The summed E-state index contributed by atoms with van der Waals surface area (Å²) < 4.78 is 0. The second-order valence-corrected chi connectivity index (χ2v) is 16.6. The van der Waals surface area contributed by atoms with Gasteiger partial charge in [0.25, 0.3) is 0 Å². The number of nitrogens with zero attached hydrogens (tertiary/aromatic N) is 1. The third-order valence-electron chi connectivity index (χ3n) is 11.5. The summed E-state index contributed by atoms with van der Waals surface area (Å²) in [4.78, 5) is -0.766. The highest BCUT2D eigenvalue weighted by Crippen LogP contribution is 2.19. The van der Waals surface area contributed by atoms with Crippen molar-refractivity contribution in [2.75, 3.05) is 6.54 Å². The third kappa shape index (κ3) is 38.9. The minimum absolute atomic E-state index is 0.0733. The predicted octanol–water partition coefficient (Wildman–Crippen LogP) is 17.0. The van der Waals surface area contributed by atoms with E-state index in [9.17, 15) is 10.4 Å². The van der Waals surface area contributed by atoms with Crippen LogP contribution in [0.3, 0.4) is 0 Å². The molecular formula is C46H96NO2+. The average Bonchev–Trinajstić information content (AvgIpc) is 3.09. The molecule has 0 amide bonds. The molecule has 2 N–H and O–H groups in total. The lowest BCUT2D eigenvalue weighted by Crippen LogP contribution is -2.49. The molecule has 0 radical (unpaired) electrons. The summed E-state index contributed by atoms with van der Waals surface area (Å²) in [6, 6.07) is -0.0733. The van der Waals surface area contributed by atoms with Gasteiger partial charge in [-0.1, -0.05) is 251 Å². The highest BCUT2D eigenvalue weighted by Gasteiger charge is 2.30. The summed E-state index contributed by atoms with van der Waals surface area (Å²) in [6.07, 6.45) is 56.4. The summed E-state index contributed by atoms with van der Waals surface area (Å²) in [5.74, 6) is 0. The molecule has 0 aliphatic rings. The Morgan fingerprint density at radius 2 is 0.469 bits per heavy atom. The maximum Gasteiger partial charge on any atom is 0.149 e. The van der Waals surface area contributed by atoms with Gasteiger partial charge in [-0.05, 0) is 24.6 Å². The van der Waals surface area contributed by atoms with E-state index in [1.54, 1.807) is 0 Å². The zero-order chi connectivity index (χ0) is 35.8. The molecule has 0 rings (SSSR count). The molecule has 0 spiro atoms. The van der Waals surface area contributed by atoms with Crippen LogP contribution in [0.4, 0.5) is 0 Å². The van der Waals surface area contributed by atoms with Gasteiger partial charge < -0.3 is 0 Å². The van der Waals surface area contributed by atoms with Crippen molar-refractivity contribution in [1.29, 1.82) is 0 Å². The molecule has 0 aromatic carbocycles. The Morgan fingerprint density at radius 3 is 0.694 bits per heavy atom. The minimum atomic E-state index is -0.766. The molecule has 3 heteroatoms. The van der Waals surface area contributed by atoms with Gasteiger partial charge in [-0.2, -0.15) is 10.4 Å².